The average Bonchev–Trinajstić information content (AvgIpc) is 2.56. The zero-order valence-electron chi connectivity index (χ0n) is 12.3. The van der Waals surface area contributed by atoms with E-state index in [9.17, 15) is 9.59 Å². The molecule has 4 nitrogen and oxygen atoms in total. The smallest absolute Gasteiger partial charge is 0.410 e. The maximum absolute atomic E-state index is 12.6. The van der Waals surface area contributed by atoms with Crippen molar-refractivity contribution in [1.82, 2.24) is 4.90 Å². The van der Waals surface area contributed by atoms with Crippen molar-refractivity contribution in [2.24, 2.45) is 11.8 Å². The normalized spacial score (nSPS) is 29.2. The minimum atomic E-state index is -0.399. The lowest BCUT2D eigenvalue weighted by Crippen LogP contribution is -2.59. The third-order valence-electron chi connectivity index (χ3n) is 4.45. The molecule has 0 radical (unpaired) electrons. The molecule has 1 aromatic rings. The number of rotatable bonds is 4. The van der Waals surface area contributed by atoms with E-state index < -0.39 is 6.09 Å². The first kappa shape index (κ1) is 14.6. The Bertz CT molecular complexity index is 596. The summed E-state index contributed by atoms with van der Waals surface area (Å²) in [5, 5.41) is 0. The van der Waals surface area contributed by atoms with Gasteiger partial charge in [0.05, 0.1) is 6.04 Å². The van der Waals surface area contributed by atoms with Crippen LogP contribution in [0.2, 0.25) is 0 Å². The van der Waals surface area contributed by atoms with E-state index in [1.54, 1.807) is 17.0 Å². The van der Waals surface area contributed by atoms with E-state index in [2.05, 4.69) is 12.7 Å². The summed E-state index contributed by atoms with van der Waals surface area (Å²) < 4.78 is 5.48. The number of hydrogen-bond donors (Lipinski definition) is 0. The van der Waals surface area contributed by atoms with Crippen LogP contribution in [0.15, 0.2) is 55.1 Å². The summed E-state index contributed by atoms with van der Waals surface area (Å²) in [5.41, 5.74) is 0. The summed E-state index contributed by atoms with van der Waals surface area (Å²) in [4.78, 5) is 25.6. The standard InChI is InChI=1S/C18H19NO3/c1-2-6-16-13-9-10-17(14(11-13)12-20)19(16)18(21)22-15-7-4-3-5-8-15/h2-5,7-10,12-14,16-17H,1,6,11H2/t13-,14-,16?,17-/m1/s1. The Morgan fingerprint density at radius 3 is 2.77 bits per heavy atom. The van der Waals surface area contributed by atoms with Gasteiger partial charge >= 0.3 is 6.09 Å². The minimum Gasteiger partial charge on any atom is -0.410 e. The molecular weight excluding hydrogens is 278 g/mol. The molecule has 4 atom stereocenters. The predicted molar refractivity (Wildman–Crippen MR) is 83.5 cm³/mol. The molecule has 3 aliphatic rings. The number of ether oxygens (including phenoxy) is 1. The molecule has 1 aromatic carbocycles. The van der Waals surface area contributed by atoms with E-state index in [0.717, 1.165) is 12.7 Å². The Kier molecular flexibility index (Phi) is 4.09. The van der Waals surface area contributed by atoms with Gasteiger partial charge < -0.3 is 9.53 Å². The molecule has 4 rings (SSSR count). The molecule has 1 unspecified atom stereocenters. The van der Waals surface area contributed by atoms with E-state index in [1.165, 1.54) is 0 Å². The van der Waals surface area contributed by atoms with Crippen LogP contribution in [0.5, 0.6) is 5.75 Å². The molecule has 1 amide bonds. The Morgan fingerprint density at radius 1 is 1.32 bits per heavy atom. The molecule has 0 N–H and O–H groups in total. The monoisotopic (exact) mass is 297 g/mol. The highest BCUT2D eigenvalue weighted by Crippen LogP contribution is 2.39. The lowest BCUT2D eigenvalue weighted by molar-refractivity contribution is -0.115. The molecule has 1 saturated heterocycles. The molecule has 2 bridgehead atoms. The van der Waals surface area contributed by atoms with Gasteiger partial charge in [-0.05, 0) is 30.9 Å². The molecule has 2 heterocycles. The zero-order chi connectivity index (χ0) is 15.5. The topological polar surface area (TPSA) is 46.6 Å². The van der Waals surface area contributed by atoms with E-state index >= 15 is 0 Å². The third-order valence-corrected chi connectivity index (χ3v) is 4.45. The van der Waals surface area contributed by atoms with Crippen LogP contribution < -0.4 is 4.74 Å². The summed E-state index contributed by atoms with van der Waals surface area (Å²) in [5.74, 6) is 0.541. The number of carbonyl (C=O) groups is 2. The lowest BCUT2D eigenvalue weighted by Gasteiger charge is -2.49. The number of piperidine rings is 1. The number of nitrogens with zero attached hydrogens (tertiary/aromatic N) is 1. The Morgan fingerprint density at radius 2 is 2.09 bits per heavy atom. The van der Waals surface area contributed by atoms with Gasteiger partial charge in [-0.15, -0.1) is 6.58 Å². The van der Waals surface area contributed by atoms with Crippen molar-refractivity contribution >= 4 is 12.4 Å². The van der Waals surface area contributed by atoms with Crippen molar-refractivity contribution in [1.29, 1.82) is 0 Å². The Hall–Kier alpha value is -2.36. The minimum absolute atomic E-state index is 0.0138. The van der Waals surface area contributed by atoms with Crippen molar-refractivity contribution in [3.8, 4) is 5.75 Å². The van der Waals surface area contributed by atoms with Gasteiger partial charge in [0.2, 0.25) is 0 Å². The van der Waals surface area contributed by atoms with Crippen LogP contribution in [0.1, 0.15) is 12.8 Å². The van der Waals surface area contributed by atoms with E-state index in [1.807, 2.05) is 30.4 Å². The largest absolute Gasteiger partial charge is 0.416 e. The molecule has 1 aliphatic carbocycles. The van der Waals surface area contributed by atoms with Gasteiger partial charge in [-0.2, -0.15) is 0 Å². The molecule has 4 heteroatoms. The number of fused-ring (bicyclic) bond motifs is 2. The van der Waals surface area contributed by atoms with Crippen LogP contribution in [0.3, 0.4) is 0 Å². The number of carbonyl (C=O) groups excluding carboxylic acids is 2. The van der Waals surface area contributed by atoms with Crippen LogP contribution in [-0.2, 0) is 4.79 Å². The van der Waals surface area contributed by atoms with Gasteiger partial charge in [-0.1, -0.05) is 36.4 Å². The molecule has 0 saturated carbocycles. The summed E-state index contributed by atoms with van der Waals surface area (Å²) in [7, 11) is 0. The second-order valence-corrected chi connectivity index (χ2v) is 5.76. The summed E-state index contributed by atoms with van der Waals surface area (Å²) in [6.07, 6.45) is 7.93. The molecule has 2 aliphatic heterocycles. The number of aldehydes is 1. The zero-order valence-corrected chi connectivity index (χ0v) is 12.3. The number of amides is 1. The van der Waals surface area contributed by atoms with Gasteiger partial charge in [0, 0.05) is 12.0 Å². The second kappa shape index (κ2) is 6.18. The van der Waals surface area contributed by atoms with Crippen LogP contribution in [0.4, 0.5) is 4.79 Å². The third kappa shape index (κ3) is 2.56. The second-order valence-electron chi connectivity index (χ2n) is 5.76. The number of benzene rings is 1. The molecule has 0 spiro atoms. The maximum atomic E-state index is 12.6. The Balaban J connectivity index is 1.85. The van der Waals surface area contributed by atoms with Crippen molar-refractivity contribution in [2.45, 2.75) is 24.9 Å². The van der Waals surface area contributed by atoms with E-state index in [-0.39, 0.29) is 23.9 Å². The SMILES string of the molecule is C=CCC1[C@@H]2C=C[C@H]([C@@H](C=O)C2)N1C(=O)Oc1ccccc1. The summed E-state index contributed by atoms with van der Waals surface area (Å²) >= 11 is 0. The molecular formula is C18H19NO3. The van der Waals surface area contributed by atoms with E-state index in [4.69, 9.17) is 4.74 Å². The quantitative estimate of drug-likeness (QED) is 0.633. The highest BCUT2D eigenvalue weighted by Gasteiger charge is 2.46. The van der Waals surface area contributed by atoms with Gasteiger partial charge in [-0.3, -0.25) is 4.90 Å². The van der Waals surface area contributed by atoms with Crippen LogP contribution >= 0.6 is 0 Å². The first-order valence-electron chi connectivity index (χ1n) is 7.54. The molecule has 0 aromatic heterocycles. The van der Waals surface area contributed by atoms with E-state index in [0.29, 0.717) is 12.2 Å². The Labute approximate surface area is 130 Å². The first-order valence-corrected chi connectivity index (χ1v) is 7.54. The number of para-hydroxylation sites is 1. The predicted octanol–water partition coefficient (Wildman–Crippen LogP) is 3.21. The van der Waals surface area contributed by atoms with Gasteiger partial charge in [0.15, 0.2) is 0 Å². The van der Waals surface area contributed by atoms with Gasteiger partial charge in [0.1, 0.15) is 12.0 Å². The molecule has 22 heavy (non-hydrogen) atoms. The fourth-order valence-corrected chi connectivity index (χ4v) is 3.44. The summed E-state index contributed by atoms with van der Waals surface area (Å²) in [6.45, 7) is 3.78. The van der Waals surface area contributed by atoms with Crippen LogP contribution in [0, 0.1) is 11.8 Å². The van der Waals surface area contributed by atoms with Crippen molar-refractivity contribution < 1.29 is 14.3 Å². The average molecular weight is 297 g/mol. The molecule has 1 fully saturated rings. The van der Waals surface area contributed by atoms with Crippen LogP contribution in [-0.4, -0.2) is 29.4 Å². The summed E-state index contributed by atoms with van der Waals surface area (Å²) in [6, 6.07) is 8.79. The van der Waals surface area contributed by atoms with Crippen molar-refractivity contribution in [3.05, 3.63) is 55.1 Å². The fraction of sp³-hybridized carbons (Fsp3) is 0.333. The molecule has 114 valence electrons. The van der Waals surface area contributed by atoms with Crippen LogP contribution in [0.25, 0.3) is 0 Å². The van der Waals surface area contributed by atoms with Crippen molar-refractivity contribution in [2.75, 3.05) is 0 Å². The van der Waals surface area contributed by atoms with Crippen molar-refractivity contribution in [3.63, 3.8) is 0 Å². The van der Waals surface area contributed by atoms with Gasteiger partial charge in [0.25, 0.3) is 0 Å². The van der Waals surface area contributed by atoms with Gasteiger partial charge in [-0.25, -0.2) is 4.79 Å². The number of hydrogen-bond acceptors (Lipinski definition) is 3. The maximum Gasteiger partial charge on any atom is 0.416 e. The highest BCUT2D eigenvalue weighted by atomic mass is 16.6. The highest BCUT2D eigenvalue weighted by molar-refractivity contribution is 5.74. The lowest BCUT2D eigenvalue weighted by atomic mass is 9.73. The first-order chi connectivity index (χ1) is 10.7. The fourth-order valence-electron chi connectivity index (χ4n) is 3.44.